The van der Waals surface area contributed by atoms with Crippen molar-refractivity contribution in [3.05, 3.63) is 11.9 Å². The molecule has 1 amide bonds. The quantitative estimate of drug-likeness (QED) is 0.622. The molecule has 1 aliphatic heterocycles. The average molecular weight is 195 g/mol. The minimum atomic E-state index is -0.208. The van der Waals surface area contributed by atoms with Crippen LogP contribution in [0.25, 0.3) is 0 Å². The zero-order valence-corrected chi connectivity index (χ0v) is 8.19. The first-order chi connectivity index (χ1) is 6.65. The minimum absolute atomic E-state index is 0.0481. The maximum Gasteiger partial charge on any atom is 0.223 e. The van der Waals surface area contributed by atoms with Crippen molar-refractivity contribution in [1.82, 2.24) is 25.6 Å². The van der Waals surface area contributed by atoms with Gasteiger partial charge in [0.2, 0.25) is 5.91 Å². The minimum Gasteiger partial charge on any atom is -0.335 e. The molecule has 76 valence electrons. The molecule has 1 aromatic rings. The molecule has 6 nitrogen and oxygen atoms in total. The fraction of sp³-hybridized carbons (Fsp3) is 0.625. The summed E-state index contributed by atoms with van der Waals surface area (Å²) < 4.78 is 1.61. The van der Waals surface area contributed by atoms with Crippen LogP contribution < -0.4 is 10.6 Å². The Morgan fingerprint density at radius 3 is 3.00 bits per heavy atom. The number of hydrogen-bond acceptors (Lipinski definition) is 4. The molecule has 1 saturated heterocycles. The van der Waals surface area contributed by atoms with E-state index in [1.807, 2.05) is 6.92 Å². The van der Waals surface area contributed by atoms with E-state index < -0.39 is 0 Å². The lowest BCUT2D eigenvalue weighted by molar-refractivity contribution is -0.124. The van der Waals surface area contributed by atoms with Gasteiger partial charge in [0.15, 0.2) is 0 Å². The van der Waals surface area contributed by atoms with E-state index in [1.165, 1.54) is 0 Å². The molecular formula is C8H13N5O. The molecule has 2 atom stereocenters. The molecule has 1 aromatic heterocycles. The lowest BCUT2D eigenvalue weighted by atomic mass is 10.1. The van der Waals surface area contributed by atoms with Crippen molar-refractivity contribution in [2.75, 3.05) is 0 Å². The van der Waals surface area contributed by atoms with Crippen LogP contribution >= 0.6 is 0 Å². The summed E-state index contributed by atoms with van der Waals surface area (Å²) in [7, 11) is 1.80. The van der Waals surface area contributed by atoms with Gasteiger partial charge in [-0.1, -0.05) is 5.21 Å². The van der Waals surface area contributed by atoms with Crippen molar-refractivity contribution >= 4 is 5.91 Å². The molecule has 2 rings (SSSR count). The van der Waals surface area contributed by atoms with Crippen molar-refractivity contribution in [2.24, 2.45) is 7.05 Å². The van der Waals surface area contributed by atoms with Gasteiger partial charge in [0.25, 0.3) is 0 Å². The second-order valence-electron chi connectivity index (χ2n) is 3.59. The molecule has 0 aliphatic carbocycles. The van der Waals surface area contributed by atoms with Crippen LogP contribution in [0.15, 0.2) is 6.20 Å². The molecule has 14 heavy (non-hydrogen) atoms. The first kappa shape index (κ1) is 9.14. The van der Waals surface area contributed by atoms with Gasteiger partial charge in [0.1, 0.15) is 11.9 Å². The summed E-state index contributed by atoms with van der Waals surface area (Å²) >= 11 is 0. The van der Waals surface area contributed by atoms with Crippen LogP contribution in [-0.4, -0.2) is 26.9 Å². The average Bonchev–Trinajstić information content (AvgIpc) is 2.50. The van der Waals surface area contributed by atoms with E-state index in [4.69, 9.17) is 0 Å². The highest BCUT2D eigenvalue weighted by Gasteiger charge is 2.25. The summed E-state index contributed by atoms with van der Waals surface area (Å²) in [5.41, 5.74) is 0.743. The molecule has 1 aliphatic rings. The normalized spacial score (nSPS) is 27.4. The number of aromatic nitrogens is 3. The fourth-order valence-corrected chi connectivity index (χ4v) is 1.54. The maximum atomic E-state index is 11.3. The fourth-order valence-electron chi connectivity index (χ4n) is 1.54. The Labute approximate surface area is 81.7 Å². The third-order valence-corrected chi connectivity index (χ3v) is 2.16. The first-order valence-electron chi connectivity index (χ1n) is 4.57. The third kappa shape index (κ3) is 1.74. The molecular weight excluding hydrogens is 182 g/mol. The number of carbonyl (C=O) groups is 1. The zero-order valence-electron chi connectivity index (χ0n) is 8.19. The van der Waals surface area contributed by atoms with E-state index in [-0.39, 0.29) is 18.1 Å². The summed E-state index contributed by atoms with van der Waals surface area (Å²) in [6.45, 7) is 1.97. The lowest BCUT2D eigenvalue weighted by Gasteiger charge is -2.27. The summed E-state index contributed by atoms with van der Waals surface area (Å²) in [6.07, 6.45) is 2.09. The third-order valence-electron chi connectivity index (χ3n) is 2.16. The van der Waals surface area contributed by atoms with E-state index in [0.717, 1.165) is 5.69 Å². The molecule has 1 fully saturated rings. The number of amides is 1. The number of carbonyl (C=O) groups excluding carboxylic acids is 1. The van der Waals surface area contributed by atoms with Crippen LogP contribution in [0.2, 0.25) is 0 Å². The van der Waals surface area contributed by atoms with Crippen LogP contribution in [0.4, 0.5) is 0 Å². The van der Waals surface area contributed by atoms with Gasteiger partial charge in [-0.2, -0.15) is 0 Å². The van der Waals surface area contributed by atoms with Crippen LogP contribution in [0.5, 0.6) is 0 Å². The topological polar surface area (TPSA) is 71.8 Å². The van der Waals surface area contributed by atoms with Gasteiger partial charge in [-0.25, -0.2) is 0 Å². The molecule has 2 heterocycles. The lowest BCUT2D eigenvalue weighted by Crippen LogP contribution is -2.49. The van der Waals surface area contributed by atoms with Gasteiger partial charge in [0.05, 0.1) is 6.20 Å². The zero-order chi connectivity index (χ0) is 10.1. The van der Waals surface area contributed by atoms with E-state index in [2.05, 4.69) is 20.9 Å². The highest BCUT2D eigenvalue weighted by atomic mass is 16.2. The van der Waals surface area contributed by atoms with E-state index in [0.29, 0.717) is 6.42 Å². The predicted octanol–water partition coefficient (Wildman–Crippen LogP) is -0.688. The van der Waals surface area contributed by atoms with Crippen molar-refractivity contribution < 1.29 is 4.79 Å². The van der Waals surface area contributed by atoms with E-state index in [1.54, 1.807) is 17.9 Å². The van der Waals surface area contributed by atoms with Gasteiger partial charge < -0.3 is 5.32 Å². The van der Waals surface area contributed by atoms with Crippen molar-refractivity contribution in [1.29, 1.82) is 0 Å². The maximum absolute atomic E-state index is 11.3. The molecule has 0 aromatic carbocycles. The van der Waals surface area contributed by atoms with Gasteiger partial charge >= 0.3 is 0 Å². The molecule has 0 radical (unpaired) electrons. The summed E-state index contributed by atoms with van der Waals surface area (Å²) in [5, 5.41) is 13.8. The predicted molar refractivity (Wildman–Crippen MR) is 49.1 cm³/mol. The van der Waals surface area contributed by atoms with Crippen molar-refractivity contribution in [2.45, 2.75) is 25.6 Å². The summed E-state index contributed by atoms with van der Waals surface area (Å²) in [5.74, 6) is 0.0481. The van der Waals surface area contributed by atoms with Gasteiger partial charge in [-0.15, -0.1) is 5.10 Å². The SMILES string of the molecule is C[C@H]1CC(=O)N[C@@H](c2cn(C)nn2)N1. The molecule has 0 spiro atoms. The monoisotopic (exact) mass is 195 g/mol. The second kappa shape index (κ2) is 3.38. The van der Waals surface area contributed by atoms with E-state index in [9.17, 15) is 4.79 Å². The Hall–Kier alpha value is -1.43. The highest BCUT2D eigenvalue weighted by molar-refractivity contribution is 5.77. The molecule has 6 heteroatoms. The molecule has 2 N–H and O–H groups in total. The number of aryl methyl sites for hydroxylation is 1. The first-order valence-corrected chi connectivity index (χ1v) is 4.57. The van der Waals surface area contributed by atoms with Crippen LogP contribution in [0.3, 0.4) is 0 Å². The number of hydrogen-bond donors (Lipinski definition) is 2. The van der Waals surface area contributed by atoms with Crippen LogP contribution in [-0.2, 0) is 11.8 Å². The molecule has 0 unspecified atom stereocenters. The van der Waals surface area contributed by atoms with Gasteiger partial charge in [0, 0.05) is 19.5 Å². The largest absolute Gasteiger partial charge is 0.335 e. The molecule has 0 bridgehead atoms. The van der Waals surface area contributed by atoms with Crippen LogP contribution in [0, 0.1) is 0 Å². The Kier molecular flexibility index (Phi) is 2.20. The number of nitrogens with zero attached hydrogens (tertiary/aromatic N) is 3. The van der Waals surface area contributed by atoms with Crippen LogP contribution in [0.1, 0.15) is 25.2 Å². The van der Waals surface area contributed by atoms with Gasteiger partial charge in [-0.3, -0.25) is 14.8 Å². The van der Waals surface area contributed by atoms with Gasteiger partial charge in [-0.05, 0) is 6.92 Å². The Balaban J connectivity index is 2.14. The Morgan fingerprint density at radius 1 is 1.64 bits per heavy atom. The standard InChI is InChI=1S/C8H13N5O/c1-5-3-7(14)10-8(9-5)6-4-13(2)12-11-6/h4-5,8-9H,3H2,1-2H3,(H,10,14)/t5-,8-/m0/s1. The second-order valence-corrected chi connectivity index (χ2v) is 3.59. The highest BCUT2D eigenvalue weighted by Crippen LogP contribution is 2.12. The Morgan fingerprint density at radius 2 is 2.43 bits per heavy atom. The van der Waals surface area contributed by atoms with Crippen molar-refractivity contribution in [3.8, 4) is 0 Å². The summed E-state index contributed by atoms with van der Waals surface area (Å²) in [6, 6.07) is 0.177. The summed E-state index contributed by atoms with van der Waals surface area (Å²) in [4.78, 5) is 11.3. The molecule has 0 saturated carbocycles. The smallest absolute Gasteiger partial charge is 0.223 e. The van der Waals surface area contributed by atoms with Crippen molar-refractivity contribution in [3.63, 3.8) is 0 Å². The number of nitrogens with one attached hydrogen (secondary N) is 2. The Bertz CT molecular complexity index is 347. The number of rotatable bonds is 1. The van der Waals surface area contributed by atoms with E-state index >= 15 is 0 Å².